The third kappa shape index (κ3) is 5.07. The zero-order valence-electron chi connectivity index (χ0n) is 20.1. The van der Waals surface area contributed by atoms with E-state index in [1.54, 1.807) is 4.90 Å². The smallest absolute Gasteiger partial charge is 0.287 e. The van der Waals surface area contributed by atoms with Crippen molar-refractivity contribution >= 4 is 59.7 Å². The van der Waals surface area contributed by atoms with E-state index in [2.05, 4.69) is 14.4 Å². The molecule has 5 rings (SSSR count). The van der Waals surface area contributed by atoms with E-state index in [4.69, 9.17) is 11.6 Å². The topological polar surface area (TPSA) is 145 Å². The highest BCUT2D eigenvalue weighted by Gasteiger charge is 2.46. The van der Waals surface area contributed by atoms with E-state index in [0.717, 1.165) is 30.4 Å². The lowest BCUT2D eigenvalue weighted by molar-refractivity contribution is -0.133. The highest BCUT2D eigenvalue weighted by atomic mass is 35.5. The lowest BCUT2D eigenvalue weighted by atomic mass is 9.78. The monoisotopic (exact) mass is 602 g/mol. The van der Waals surface area contributed by atoms with Gasteiger partial charge in [0, 0.05) is 30.6 Å². The van der Waals surface area contributed by atoms with Crippen LogP contribution in [0.4, 0.5) is 9.39 Å². The Morgan fingerprint density at radius 1 is 1.32 bits per heavy atom. The highest BCUT2D eigenvalue weighted by Crippen LogP contribution is 2.42. The predicted octanol–water partition coefficient (Wildman–Crippen LogP) is 3.52. The van der Waals surface area contributed by atoms with Crippen LogP contribution in [-0.2, 0) is 37.9 Å². The van der Waals surface area contributed by atoms with Gasteiger partial charge in [-0.1, -0.05) is 30.5 Å². The second kappa shape index (κ2) is 9.90. The Kier molecular flexibility index (Phi) is 7.05. The van der Waals surface area contributed by atoms with Gasteiger partial charge in [-0.25, -0.2) is 17.5 Å². The van der Waals surface area contributed by atoms with Gasteiger partial charge in [0.05, 0.1) is 11.3 Å². The molecule has 3 aliphatic rings. The van der Waals surface area contributed by atoms with Gasteiger partial charge in [-0.2, -0.15) is 8.42 Å². The molecule has 0 saturated heterocycles. The number of aliphatic hydroxyl groups is 1. The summed E-state index contributed by atoms with van der Waals surface area (Å²) in [4.78, 5) is 15.2. The number of nitrogens with zero attached hydrogens (tertiary/aromatic N) is 2. The summed E-state index contributed by atoms with van der Waals surface area (Å²) in [6.45, 7) is -0.163. The van der Waals surface area contributed by atoms with E-state index in [1.165, 1.54) is 23.6 Å². The number of halogens is 2. The average Bonchev–Trinajstić information content (AvgIpc) is 3.26. The fraction of sp³-hybridized carbons (Fsp3) is 0.391. The summed E-state index contributed by atoms with van der Waals surface area (Å²) in [6, 6.07) is 3.85. The first-order valence-corrected chi connectivity index (χ1v) is 16.3. The van der Waals surface area contributed by atoms with Crippen LogP contribution in [0.2, 0.25) is 5.02 Å². The maximum Gasteiger partial charge on any atom is 0.287 e. The SMILES string of the molecule is CS(=O)(=O)NCc1csc2c1S(=O)(=O)N=C(C1=C(O)C3CCCCC3N(Cc3ccc(F)c(Cl)c3)C1=O)N2. The van der Waals surface area contributed by atoms with E-state index >= 15 is 0 Å². The zero-order valence-corrected chi connectivity index (χ0v) is 23.3. The summed E-state index contributed by atoms with van der Waals surface area (Å²) in [5.74, 6) is -2.12. The lowest BCUT2D eigenvalue weighted by Crippen LogP contribution is -2.52. The number of sulfonamides is 2. The predicted molar refractivity (Wildman–Crippen MR) is 142 cm³/mol. The van der Waals surface area contributed by atoms with Crippen molar-refractivity contribution in [2.45, 2.75) is 49.7 Å². The number of carbonyl (C=O) groups is 1. The fourth-order valence-corrected chi connectivity index (χ4v) is 8.35. The van der Waals surface area contributed by atoms with Gasteiger partial charge in [0.25, 0.3) is 15.9 Å². The molecule has 3 heterocycles. The van der Waals surface area contributed by atoms with Gasteiger partial charge in [0.2, 0.25) is 10.0 Å². The number of fused-ring (bicyclic) bond motifs is 2. The Hall–Kier alpha value is -2.52. The molecule has 0 bridgehead atoms. The molecule has 38 heavy (non-hydrogen) atoms. The van der Waals surface area contributed by atoms with E-state index < -0.39 is 37.7 Å². The number of benzene rings is 1. The molecular weight excluding hydrogens is 579 g/mol. The molecule has 2 atom stereocenters. The minimum Gasteiger partial charge on any atom is -0.511 e. The molecule has 3 N–H and O–H groups in total. The maximum atomic E-state index is 13.8. The standard InChI is InChI=1S/C23H24ClFN4O6S3/c1-37(32,33)26-9-13-11-36-22-20(13)38(34,35)28-21(27-22)18-19(30)14-4-2-3-5-17(14)29(23(18)31)10-12-6-7-16(25)15(24)8-12/h6-8,11,14,17,26,30H,2-5,9-10H2,1H3,(H,27,28). The van der Waals surface area contributed by atoms with Gasteiger partial charge in [-0.15, -0.1) is 15.7 Å². The maximum absolute atomic E-state index is 13.8. The Morgan fingerprint density at radius 2 is 2.05 bits per heavy atom. The molecule has 10 nitrogen and oxygen atoms in total. The van der Waals surface area contributed by atoms with Crippen LogP contribution in [0, 0.1) is 11.7 Å². The Labute approximate surface area is 228 Å². The van der Waals surface area contributed by atoms with Gasteiger partial charge in [0.15, 0.2) is 5.84 Å². The molecule has 15 heteroatoms. The quantitative estimate of drug-likeness (QED) is 0.459. The van der Waals surface area contributed by atoms with Crippen molar-refractivity contribution in [3.05, 3.63) is 56.9 Å². The summed E-state index contributed by atoms with van der Waals surface area (Å²) < 4.78 is 69.2. The molecule has 1 saturated carbocycles. The number of carbonyl (C=O) groups excluding carboxylic acids is 1. The molecule has 2 aromatic rings. The van der Waals surface area contributed by atoms with Gasteiger partial charge in [-0.05, 0) is 35.9 Å². The van der Waals surface area contributed by atoms with Crippen LogP contribution in [-0.4, -0.2) is 50.9 Å². The van der Waals surface area contributed by atoms with Crippen LogP contribution in [0.25, 0.3) is 0 Å². The van der Waals surface area contributed by atoms with E-state index in [1.807, 2.05) is 0 Å². The van der Waals surface area contributed by atoms with Crippen LogP contribution in [0.15, 0.2) is 44.2 Å². The first-order valence-electron chi connectivity index (χ1n) is 11.7. The first kappa shape index (κ1) is 27.1. The van der Waals surface area contributed by atoms with Crippen molar-refractivity contribution in [1.82, 2.24) is 9.62 Å². The molecule has 2 unspecified atom stereocenters. The minimum absolute atomic E-state index is 0.0819. The van der Waals surface area contributed by atoms with Gasteiger partial charge < -0.3 is 15.3 Å². The summed E-state index contributed by atoms with van der Waals surface area (Å²) >= 11 is 6.97. The molecule has 1 aromatic heterocycles. The van der Waals surface area contributed by atoms with Gasteiger partial charge >= 0.3 is 0 Å². The number of hydrogen-bond acceptors (Lipinski definition) is 8. The fourth-order valence-electron chi connectivity index (χ4n) is 5.13. The van der Waals surface area contributed by atoms with Crippen LogP contribution >= 0.6 is 22.9 Å². The zero-order chi connectivity index (χ0) is 27.4. The summed E-state index contributed by atoms with van der Waals surface area (Å²) in [7, 11) is -7.90. The van der Waals surface area contributed by atoms with Crippen molar-refractivity contribution in [1.29, 1.82) is 0 Å². The number of anilines is 1. The van der Waals surface area contributed by atoms with E-state index in [9.17, 15) is 31.1 Å². The number of rotatable bonds is 6. The van der Waals surface area contributed by atoms with Crippen LogP contribution < -0.4 is 10.0 Å². The van der Waals surface area contributed by atoms with Crippen molar-refractivity contribution in [2.24, 2.45) is 10.3 Å². The average molecular weight is 603 g/mol. The summed E-state index contributed by atoms with van der Waals surface area (Å²) in [5, 5.41) is 15.7. The second-order valence-electron chi connectivity index (χ2n) is 9.45. The van der Waals surface area contributed by atoms with Crippen LogP contribution in [0.3, 0.4) is 0 Å². The van der Waals surface area contributed by atoms with E-state index in [0.29, 0.717) is 18.4 Å². The van der Waals surface area contributed by atoms with Crippen molar-refractivity contribution < 1.29 is 31.1 Å². The molecule has 1 aromatic carbocycles. The van der Waals surface area contributed by atoms with Gasteiger partial charge in [-0.3, -0.25) is 4.79 Å². The minimum atomic E-state index is -4.33. The lowest BCUT2D eigenvalue weighted by Gasteiger charge is -2.44. The number of amidine groups is 1. The first-order chi connectivity index (χ1) is 17.9. The molecule has 204 valence electrons. The molecular formula is C23H24ClFN4O6S3. The normalized spacial score (nSPS) is 23.0. The van der Waals surface area contributed by atoms with Crippen LogP contribution in [0.5, 0.6) is 0 Å². The third-order valence-electron chi connectivity index (χ3n) is 6.83. The Bertz CT molecular complexity index is 1600. The van der Waals surface area contributed by atoms with Crippen molar-refractivity contribution in [3.8, 4) is 0 Å². The second-order valence-corrected chi connectivity index (χ2v) is 14.1. The molecule has 2 aliphatic heterocycles. The number of nitrogens with one attached hydrogen (secondary N) is 2. The number of hydrogen-bond donors (Lipinski definition) is 3. The number of aliphatic hydroxyl groups excluding tert-OH is 1. The number of thiophene rings is 1. The Balaban J connectivity index is 1.52. The Morgan fingerprint density at radius 3 is 2.76 bits per heavy atom. The van der Waals surface area contributed by atoms with Crippen molar-refractivity contribution in [3.63, 3.8) is 0 Å². The van der Waals surface area contributed by atoms with Gasteiger partial charge in [0.1, 0.15) is 27.0 Å². The highest BCUT2D eigenvalue weighted by molar-refractivity contribution is 7.91. The molecule has 0 spiro atoms. The largest absolute Gasteiger partial charge is 0.511 e. The molecule has 1 fully saturated rings. The van der Waals surface area contributed by atoms with Crippen LogP contribution in [0.1, 0.15) is 36.8 Å². The number of amides is 1. The molecule has 1 amide bonds. The van der Waals surface area contributed by atoms with E-state index in [-0.39, 0.29) is 56.8 Å². The molecule has 0 radical (unpaired) electrons. The summed E-state index contributed by atoms with van der Waals surface area (Å²) in [5.41, 5.74) is 0.561. The van der Waals surface area contributed by atoms with Crippen molar-refractivity contribution in [2.75, 3.05) is 11.6 Å². The summed E-state index contributed by atoms with van der Waals surface area (Å²) in [6.07, 6.45) is 3.89. The molecule has 1 aliphatic carbocycles. The third-order valence-corrected chi connectivity index (χ3v) is 10.3.